The van der Waals surface area contributed by atoms with Crippen LogP contribution in [0.1, 0.15) is 32.3 Å². The van der Waals surface area contributed by atoms with E-state index in [1.54, 1.807) is 16.7 Å². The number of piperidine rings is 1. The molecule has 1 saturated heterocycles. The minimum absolute atomic E-state index is 0.0261. The van der Waals surface area contributed by atoms with Gasteiger partial charge >= 0.3 is 6.09 Å². The molecule has 11 heteroatoms. The zero-order chi connectivity index (χ0) is 24.6. The minimum atomic E-state index is -0.262. The molecule has 0 aliphatic carbocycles. The van der Waals surface area contributed by atoms with E-state index in [1.165, 1.54) is 16.9 Å². The van der Waals surface area contributed by atoms with Gasteiger partial charge in [0.05, 0.1) is 13.2 Å². The summed E-state index contributed by atoms with van der Waals surface area (Å²) in [6.07, 6.45) is 1.28. The lowest BCUT2D eigenvalue weighted by Gasteiger charge is -2.34. The van der Waals surface area contributed by atoms with Crippen molar-refractivity contribution in [2.45, 2.75) is 43.7 Å². The normalized spacial score (nSPS) is 15.9. The third-order valence-corrected chi connectivity index (χ3v) is 7.70. The monoisotopic (exact) mass is 516 g/mol. The summed E-state index contributed by atoms with van der Waals surface area (Å²) >= 11 is 3.06. The molecule has 188 valence electrons. The van der Waals surface area contributed by atoms with Crippen LogP contribution in [-0.2, 0) is 10.5 Å². The molecule has 4 rings (SSSR count). The number of ether oxygens (including phenoxy) is 1. The van der Waals surface area contributed by atoms with Crippen molar-refractivity contribution in [2.75, 3.05) is 49.5 Å². The third kappa shape index (κ3) is 6.53. The zero-order valence-corrected chi connectivity index (χ0v) is 21.8. The zero-order valence-electron chi connectivity index (χ0n) is 20.1. The first-order valence-electron chi connectivity index (χ1n) is 12.0. The molecule has 1 fully saturated rings. The van der Waals surface area contributed by atoms with Gasteiger partial charge in [0, 0.05) is 31.9 Å². The number of amides is 1. The number of aliphatic hydroxyl groups excluding tert-OH is 1. The van der Waals surface area contributed by atoms with Gasteiger partial charge in [-0.2, -0.15) is 4.98 Å². The Morgan fingerprint density at radius 1 is 1.26 bits per heavy atom. The van der Waals surface area contributed by atoms with Crippen LogP contribution in [0.25, 0.3) is 10.3 Å². The number of thioether (sulfide) groups is 1. The maximum absolute atomic E-state index is 12.5. The summed E-state index contributed by atoms with van der Waals surface area (Å²) < 4.78 is 6.73. The molecule has 2 N–H and O–H groups in total. The lowest BCUT2D eigenvalue weighted by atomic mass is 10.1. The summed E-state index contributed by atoms with van der Waals surface area (Å²) in [5.41, 5.74) is 1.84. The molecule has 1 amide bonds. The van der Waals surface area contributed by atoms with Crippen molar-refractivity contribution in [3.8, 4) is 0 Å². The lowest BCUT2D eigenvalue weighted by molar-refractivity contribution is 0.0585. The van der Waals surface area contributed by atoms with Crippen LogP contribution in [0.5, 0.6) is 0 Å². The molecule has 1 aliphatic heterocycles. The van der Waals surface area contributed by atoms with Crippen LogP contribution < -0.4 is 10.2 Å². The highest BCUT2D eigenvalue weighted by Gasteiger charge is 2.28. The number of thiazole rings is 1. The number of anilines is 2. The molecule has 2 aromatic heterocycles. The van der Waals surface area contributed by atoms with E-state index in [2.05, 4.69) is 27.3 Å². The van der Waals surface area contributed by atoms with Crippen molar-refractivity contribution < 1.29 is 14.6 Å². The van der Waals surface area contributed by atoms with Gasteiger partial charge in [-0.1, -0.05) is 53.4 Å². The largest absolute Gasteiger partial charge is 0.444 e. The average molecular weight is 517 g/mol. The van der Waals surface area contributed by atoms with Crippen LogP contribution in [-0.4, -0.2) is 76.5 Å². The van der Waals surface area contributed by atoms with E-state index < -0.39 is 0 Å². The molecular formula is C24H32N6O3S2. The summed E-state index contributed by atoms with van der Waals surface area (Å²) in [4.78, 5) is 30.7. The first-order valence-corrected chi connectivity index (χ1v) is 13.8. The van der Waals surface area contributed by atoms with Gasteiger partial charge in [0.15, 0.2) is 21.8 Å². The van der Waals surface area contributed by atoms with Crippen LogP contribution in [0.3, 0.4) is 0 Å². The Labute approximate surface area is 213 Å². The van der Waals surface area contributed by atoms with Crippen LogP contribution in [0.4, 0.5) is 15.7 Å². The SMILES string of the molecule is CCN(CC)C(=O)OC1CCCN(c2nc(SCc3ccccc3)nc3nc(NCCO)sc23)C1. The maximum Gasteiger partial charge on any atom is 0.410 e. The fourth-order valence-electron chi connectivity index (χ4n) is 3.96. The number of rotatable bonds is 10. The lowest BCUT2D eigenvalue weighted by Crippen LogP contribution is -2.43. The van der Waals surface area contributed by atoms with E-state index in [0.29, 0.717) is 42.1 Å². The van der Waals surface area contributed by atoms with Crippen molar-refractivity contribution >= 4 is 50.5 Å². The van der Waals surface area contributed by atoms with E-state index in [-0.39, 0.29) is 18.8 Å². The molecule has 35 heavy (non-hydrogen) atoms. The Morgan fingerprint density at radius 2 is 2.06 bits per heavy atom. The Balaban J connectivity index is 1.58. The predicted molar refractivity (Wildman–Crippen MR) is 141 cm³/mol. The quantitative estimate of drug-likeness (QED) is 0.303. The molecular weight excluding hydrogens is 484 g/mol. The molecule has 0 spiro atoms. The van der Waals surface area contributed by atoms with E-state index in [1.807, 2.05) is 32.0 Å². The van der Waals surface area contributed by atoms with Crippen LogP contribution >= 0.6 is 23.1 Å². The standard InChI is InChI=1S/C24H32N6O3S2/c1-3-29(4-2)24(32)33-18-11-8-13-30(15-18)21-19-20(26-22(35-19)25-12-14-31)27-23(28-21)34-16-17-9-6-5-7-10-17/h5-7,9-10,18,31H,3-4,8,11-16H2,1-2H3,(H,25,26,27,28). The Hall–Kier alpha value is -2.63. The summed E-state index contributed by atoms with van der Waals surface area (Å²) in [5, 5.41) is 13.7. The number of hydrogen-bond acceptors (Lipinski definition) is 10. The molecule has 1 aliphatic rings. The number of carbonyl (C=O) groups excluding carboxylic acids is 1. The summed E-state index contributed by atoms with van der Waals surface area (Å²) in [6.45, 7) is 7.02. The fourth-order valence-corrected chi connectivity index (χ4v) is 5.69. The van der Waals surface area contributed by atoms with Crippen molar-refractivity contribution in [3.63, 3.8) is 0 Å². The van der Waals surface area contributed by atoms with Gasteiger partial charge in [0.25, 0.3) is 0 Å². The molecule has 0 radical (unpaired) electrons. The number of hydrogen-bond donors (Lipinski definition) is 2. The Kier molecular flexibility index (Phi) is 9.00. The van der Waals surface area contributed by atoms with Crippen molar-refractivity contribution in [3.05, 3.63) is 35.9 Å². The van der Waals surface area contributed by atoms with E-state index in [0.717, 1.165) is 35.7 Å². The molecule has 9 nitrogen and oxygen atoms in total. The second kappa shape index (κ2) is 12.4. The van der Waals surface area contributed by atoms with Gasteiger partial charge in [-0.25, -0.2) is 14.8 Å². The number of carbonyl (C=O) groups is 1. The van der Waals surface area contributed by atoms with Gasteiger partial charge < -0.3 is 25.0 Å². The molecule has 3 aromatic rings. The first kappa shape index (κ1) is 25.5. The Bertz CT molecular complexity index is 1110. The molecule has 0 saturated carbocycles. The van der Waals surface area contributed by atoms with Crippen molar-refractivity contribution in [1.29, 1.82) is 0 Å². The van der Waals surface area contributed by atoms with E-state index in [9.17, 15) is 9.90 Å². The topological polar surface area (TPSA) is 104 Å². The number of nitrogens with zero attached hydrogens (tertiary/aromatic N) is 5. The van der Waals surface area contributed by atoms with E-state index >= 15 is 0 Å². The molecule has 3 heterocycles. The smallest absolute Gasteiger partial charge is 0.410 e. The summed E-state index contributed by atoms with van der Waals surface area (Å²) in [6, 6.07) is 10.2. The highest BCUT2D eigenvalue weighted by Crippen LogP contribution is 2.35. The number of benzene rings is 1. The van der Waals surface area contributed by atoms with Crippen LogP contribution in [0.2, 0.25) is 0 Å². The van der Waals surface area contributed by atoms with Crippen LogP contribution in [0.15, 0.2) is 35.5 Å². The summed E-state index contributed by atoms with van der Waals surface area (Å²) in [7, 11) is 0. The highest BCUT2D eigenvalue weighted by atomic mass is 32.2. The second-order valence-corrected chi connectivity index (χ2v) is 10.1. The Morgan fingerprint density at radius 3 is 2.80 bits per heavy atom. The number of fused-ring (bicyclic) bond motifs is 1. The molecule has 0 bridgehead atoms. The van der Waals surface area contributed by atoms with E-state index in [4.69, 9.17) is 14.7 Å². The van der Waals surface area contributed by atoms with Gasteiger partial charge in [-0.15, -0.1) is 0 Å². The fraction of sp³-hybridized carbons (Fsp3) is 0.500. The van der Waals surface area contributed by atoms with Crippen LogP contribution in [0, 0.1) is 0 Å². The van der Waals surface area contributed by atoms with Crippen molar-refractivity contribution in [1.82, 2.24) is 19.9 Å². The number of nitrogens with one attached hydrogen (secondary N) is 1. The van der Waals surface area contributed by atoms with Gasteiger partial charge in [0.2, 0.25) is 0 Å². The highest BCUT2D eigenvalue weighted by molar-refractivity contribution is 7.98. The number of aliphatic hydroxyl groups is 1. The predicted octanol–water partition coefficient (Wildman–Crippen LogP) is 4.23. The molecule has 1 unspecified atom stereocenters. The first-order chi connectivity index (χ1) is 17.1. The van der Waals surface area contributed by atoms with Gasteiger partial charge in [-0.05, 0) is 32.3 Å². The third-order valence-electron chi connectivity index (χ3n) is 5.78. The average Bonchev–Trinajstić information content (AvgIpc) is 3.30. The second-order valence-electron chi connectivity index (χ2n) is 8.19. The summed E-state index contributed by atoms with van der Waals surface area (Å²) in [5.74, 6) is 1.58. The molecule has 1 atom stereocenters. The molecule has 1 aromatic carbocycles. The van der Waals surface area contributed by atoms with Crippen molar-refractivity contribution in [2.24, 2.45) is 0 Å². The maximum atomic E-state index is 12.5. The minimum Gasteiger partial charge on any atom is -0.444 e. The van der Waals surface area contributed by atoms with Gasteiger partial charge in [-0.3, -0.25) is 0 Å². The van der Waals surface area contributed by atoms with Gasteiger partial charge in [0.1, 0.15) is 10.8 Å². The number of aromatic nitrogens is 3.